The Balaban J connectivity index is 1.55. The first-order chi connectivity index (χ1) is 11.2. The van der Waals surface area contributed by atoms with Gasteiger partial charge in [-0.1, -0.05) is 19.1 Å². The highest BCUT2D eigenvalue weighted by Crippen LogP contribution is 2.27. The summed E-state index contributed by atoms with van der Waals surface area (Å²) in [6.07, 6.45) is 7.60. The molecule has 0 aromatic heterocycles. The number of anilines is 1. The van der Waals surface area contributed by atoms with E-state index >= 15 is 0 Å². The summed E-state index contributed by atoms with van der Waals surface area (Å²) in [5, 5.41) is 3.33. The predicted molar refractivity (Wildman–Crippen MR) is 98.0 cm³/mol. The van der Waals surface area contributed by atoms with Crippen molar-refractivity contribution in [1.82, 2.24) is 4.90 Å². The highest BCUT2D eigenvalue weighted by atomic mass is 15.1. The van der Waals surface area contributed by atoms with Crippen molar-refractivity contribution < 1.29 is 0 Å². The Morgan fingerprint density at radius 1 is 1.22 bits per heavy atom. The van der Waals surface area contributed by atoms with Gasteiger partial charge in [-0.3, -0.25) is 4.99 Å². The van der Waals surface area contributed by atoms with Gasteiger partial charge in [0.15, 0.2) is 5.96 Å². The van der Waals surface area contributed by atoms with Crippen LogP contribution in [0.3, 0.4) is 0 Å². The van der Waals surface area contributed by atoms with E-state index in [9.17, 15) is 0 Å². The molecule has 23 heavy (non-hydrogen) atoms. The van der Waals surface area contributed by atoms with Gasteiger partial charge < -0.3 is 16.0 Å². The number of nitrogens with one attached hydrogen (secondary N) is 1. The van der Waals surface area contributed by atoms with Crippen LogP contribution in [0.1, 0.15) is 43.7 Å². The van der Waals surface area contributed by atoms with E-state index in [1.807, 2.05) is 0 Å². The number of nitrogens with zero attached hydrogens (tertiary/aromatic N) is 2. The van der Waals surface area contributed by atoms with Gasteiger partial charge in [0.1, 0.15) is 0 Å². The Bertz CT molecular complexity index is 546. The number of rotatable bonds is 5. The maximum atomic E-state index is 6.12. The monoisotopic (exact) mass is 314 g/mol. The number of guanidine groups is 1. The first-order valence-electron chi connectivity index (χ1n) is 9.12. The Labute approximate surface area is 140 Å². The summed E-state index contributed by atoms with van der Waals surface area (Å²) in [7, 11) is 0. The summed E-state index contributed by atoms with van der Waals surface area (Å²) in [5.41, 5.74) is 10.2. The second kappa shape index (κ2) is 7.82. The van der Waals surface area contributed by atoms with E-state index in [1.165, 1.54) is 56.3 Å². The number of fused-ring (bicyclic) bond motifs is 1. The van der Waals surface area contributed by atoms with E-state index in [-0.39, 0.29) is 0 Å². The molecule has 1 atom stereocenters. The zero-order valence-corrected chi connectivity index (χ0v) is 14.4. The Morgan fingerprint density at radius 2 is 2.00 bits per heavy atom. The van der Waals surface area contributed by atoms with Gasteiger partial charge in [0, 0.05) is 18.8 Å². The molecule has 0 radical (unpaired) electrons. The lowest BCUT2D eigenvalue weighted by atomic mass is 9.90. The third-order valence-corrected chi connectivity index (χ3v) is 5.00. The third kappa shape index (κ3) is 4.47. The van der Waals surface area contributed by atoms with Crippen molar-refractivity contribution in [2.75, 3.05) is 31.5 Å². The van der Waals surface area contributed by atoms with Crippen LogP contribution in [0, 0.1) is 5.92 Å². The smallest absolute Gasteiger partial charge is 0.193 e. The van der Waals surface area contributed by atoms with Crippen molar-refractivity contribution in [3.63, 3.8) is 0 Å². The van der Waals surface area contributed by atoms with Crippen LogP contribution in [-0.2, 0) is 12.8 Å². The van der Waals surface area contributed by atoms with Gasteiger partial charge in [-0.2, -0.15) is 0 Å². The Kier molecular flexibility index (Phi) is 5.55. The summed E-state index contributed by atoms with van der Waals surface area (Å²) >= 11 is 0. The Morgan fingerprint density at radius 3 is 2.83 bits per heavy atom. The largest absolute Gasteiger partial charge is 0.370 e. The topological polar surface area (TPSA) is 53.6 Å². The average molecular weight is 314 g/mol. The van der Waals surface area contributed by atoms with Gasteiger partial charge in [0.05, 0.1) is 0 Å². The molecule has 1 aromatic carbocycles. The molecule has 3 N–H and O–H groups in total. The van der Waals surface area contributed by atoms with Crippen LogP contribution in [-0.4, -0.2) is 37.0 Å². The lowest BCUT2D eigenvalue weighted by Crippen LogP contribution is -2.29. The molecule has 1 aliphatic carbocycles. The maximum Gasteiger partial charge on any atom is 0.193 e. The fourth-order valence-corrected chi connectivity index (χ4v) is 3.79. The second-order valence-electron chi connectivity index (χ2n) is 7.11. The van der Waals surface area contributed by atoms with E-state index < -0.39 is 0 Å². The first kappa shape index (κ1) is 16.3. The fraction of sp³-hybridized carbons (Fsp3) is 0.632. The van der Waals surface area contributed by atoms with E-state index in [0.29, 0.717) is 11.9 Å². The van der Waals surface area contributed by atoms with E-state index in [4.69, 9.17) is 5.73 Å². The van der Waals surface area contributed by atoms with Gasteiger partial charge >= 0.3 is 0 Å². The van der Waals surface area contributed by atoms with Gasteiger partial charge in [0.2, 0.25) is 0 Å². The number of aryl methyl sites for hydroxylation is 1. The van der Waals surface area contributed by atoms with Gasteiger partial charge in [-0.15, -0.1) is 0 Å². The van der Waals surface area contributed by atoms with Crippen molar-refractivity contribution in [3.05, 3.63) is 29.3 Å². The lowest BCUT2D eigenvalue weighted by molar-refractivity contribution is 0.292. The number of likely N-dealkylation sites (tertiary alicyclic amines) is 1. The minimum absolute atomic E-state index is 0.553. The summed E-state index contributed by atoms with van der Waals surface area (Å²) in [6, 6.07) is 6.49. The molecule has 1 aromatic rings. The molecule has 1 saturated heterocycles. The molecule has 126 valence electrons. The van der Waals surface area contributed by atoms with Crippen LogP contribution in [0.25, 0.3) is 0 Å². The van der Waals surface area contributed by atoms with E-state index in [1.54, 1.807) is 0 Å². The summed E-state index contributed by atoms with van der Waals surface area (Å²) in [4.78, 5) is 7.11. The molecule has 1 unspecified atom stereocenters. The zero-order chi connectivity index (χ0) is 16.1. The second-order valence-corrected chi connectivity index (χ2v) is 7.11. The van der Waals surface area contributed by atoms with Crippen LogP contribution in [0.2, 0.25) is 0 Å². The molecule has 0 spiro atoms. The number of benzene rings is 1. The van der Waals surface area contributed by atoms with Crippen molar-refractivity contribution in [2.24, 2.45) is 16.6 Å². The van der Waals surface area contributed by atoms with Crippen LogP contribution < -0.4 is 11.1 Å². The molecule has 3 rings (SSSR count). The van der Waals surface area contributed by atoms with Crippen molar-refractivity contribution in [2.45, 2.75) is 45.4 Å². The third-order valence-electron chi connectivity index (χ3n) is 5.00. The van der Waals surface area contributed by atoms with Crippen molar-refractivity contribution >= 4 is 11.6 Å². The normalized spacial score (nSPS) is 20.3. The Hall–Kier alpha value is -1.55. The van der Waals surface area contributed by atoms with Crippen LogP contribution in [0.5, 0.6) is 0 Å². The summed E-state index contributed by atoms with van der Waals surface area (Å²) < 4.78 is 0. The van der Waals surface area contributed by atoms with Crippen molar-refractivity contribution in [3.8, 4) is 0 Å². The van der Waals surface area contributed by atoms with Crippen LogP contribution in [0.4, 0.5) is 5.69 Å². The molecule has 1 heterocycles. The number of hydrogen-bond donors (Lipinski definition) is 2. The van der Waals surface area contributed by atoms with E-state index in [2.05, 4.69) is 40.3 Å². The molecule has 4 nitrogen and oxygen atoms in total. The highest BCUT2D eigenvalue weighted by Gasteiger charge is 2.15. The molecule has 1 aliphatic heterocycles. The number of nitrogens with two attached hydrogens (primary N) is 1. The minimum Gasteiger partial charge on any atom is -0.370 e. The molecular weight excluding hydrogens is 284 g/mol. The standard InChI is InChI=1S/C19H30N4/c1-15(14-23-11-4-5-12-23)13-21-19(20)22-18-10-6-8-16-7-2-3-9-17(16)18/h6,8,10,15H,2-5,7,9,11-14H2,1H3,(H3,20,21,22). The molecule has 0 saturated carbocycles. The van der Waals surface area contributed by atoms with Gasteiger partial charge in [-0.25, -0.2) is 0 Å². The lowest BCUT2D eigenvalue weighted by Gasteiger charge is -2.20. The highest BCUT2D eigenvalue weighted by molar-refractivity contribution is 5.93. The fourth-order valence-electron chi connectivity index (χ4n) is 3.79. The predicted octanol–water partition coefficient (Wildman–Crippen LogP) is 3.02. The first-order valence-corrected chi connectivity index (χ1v) is 9.12. The maximum absolute atomic E-state index is 6.12. The summed E-state index contributed by atoms with van der Waals surface area (Å²) in [5.74, 6) is 1.11. The zero-order valence-electron chi connectivity index (χ0n) is 14.4. The summed E-state index contributed by atoms with van der Waals surface area (Å²) in [6.45, 7) is 6.69. The molecular formula is C19H30N4. The van der Waals surface area contributed by atoms with E-state index in [0.717, 1.165) is 25.2 Å². The van der Waals surface area contributed by atoms with Crippen LogP contribution in [0.15, 0.2) is 23.2 Å². The van der Waals surface area contributed by atoms with Gasteiger partial charge in [-0.05, 0) is 74.7 Å². The molecule has 0 amide bonds. The van der Waals surface area contributed by atoms with Crippen molar-refractivity contribution in [1.29, 1.82) is 0 Å². The number of hydrogen-bond acceptors (Lipinski definition) is 2. The quantitative estimate of drug-likeness (QED) is 0.649. The number of aliphatic imine (C=N–C) groups is 1. The molecule has 1 fully saturated rings. The molecule has 2 aliphatic rings. The average Bonchev–Trinajstić information content (AvgIpc) is 3.06. The molecule has 4 heteroatoms. The van der Waals surface area contributed by atoms with Crippen LogP contribution >= 0.6 is 0 Å². The SMILES string of the molecule is CC(CN=C(N)Nc1cccc2c1CCCC2)CN1CCCC1. The molecule has 0 bridgehead atoms. The van der Waals surface area contributed by atoms with Gasteiger partial charge in [0.25, 0.3) is 0 Å². The minimum atomic E-state index is 0.553.